The molecule has 0 saturated heterocycles. The van der Waals surface area contributed by atoms with Crippen molar-refractivity contribution >= 4 is 23.0 Å². The normalized spacial score (nSPS) is 12.2. The van der Waals surface area contributed by atoms with Crippen LogP contribution in [0.4, 0.5) is 11.6 Å². The van der Waals surface area contributed by atoms with Gasteiger partial charge in [0.2, 0.25) is 0 Å². The van der Waals surface area contributed by atoms with Crippen molar-refractivity contribution in [1.29, 1.82) is 0 Å². The van der Waals surface area contributed by atoms with E-state index in [4.69, 9.17) is 0 Å². The van der Waals surface area contributed by atoms with Crippen LogP contribution in [0.25, 0.3) is 0 Å². The van der Waals surface area contributed by atoms with Crippen molar-refractivity contribution in [1.82, 2.24) is 9.97 Å². The van der Waals surface area contributed by atoms with Crippen LogP contribution in [-0.4, -0.2) is 23.1 Å². The van der Waals surface area contributed by atoms with Crippen molar-refractivity contribution in [3.05, 3.63) is 34.3 Å². The quantitative estimate of drug-likeness (QED) is 0.818. The minimum atomic E-state index is 0.346. The fraction of sp³-hybridized carbons (Fsp3) is 0.467. The van der Waals surface area contributed by atoms with Crippen LogP contribution in [0, 0.1) is 0 Å². The minimum Gasteiger partial charge on any atom is -0.373 e. The van der Waals surface area contributed by atoms with E-state index >= 15 is 0 Å². The molecule has 5 heteroatoms. The first-order valence-corrected chi connectivity index (χ1v) is 7.99. The summed E-state index contributed by atoms with van der Waals surface area (Å²) in [6.07, 6.45) is 2.96. The van der Waals surface area contributed by atoms with E-state index in [9.17, 15) is 0 Å². The van der Waals surface area contributed by atoms with Crippen LogP contribution in [0.2, 0.25) is 0 Å². The first-order chi connectivity index (χ1) is 9.71. The Morgan fingerprint density at radius 2 is 2.10 bits per heavy atom. The second-order valence-corrected chi connectivity index (χ2v) is 5.72. The van der Waals surface area contributed by atoms with Gasteiger partial charge in [-0.15, -0.1) is 0 Å². The van der Waals surface area contributed by atoms with Crippen molar-refractivity contribution in [2.24, 2.45) is 0 Å². The highest BCUT2D eigenvalue weighted by molar-refractivity contribution is 7.07. The molecule has 2 aromatic heterocycles. The Morgan fingerprint density at radius 3 is 2.75 bits per heavy atom. The molecule has 20 heavy (non-hydrogen) atoms. The molecule has 0 amide bonds. The van der Waals surface area contributed by atoms with Crippen LogP contribution in [0.5, 0.6) is 0 Å². The fourth-order valence-corrected chi connectivity index (χ4v) is 2.78. The molecule has 2 heterocycles. The van der Waals surface area contributed by atoms with Gasteiger partial charge in [-0.1, -0.05) is 6.92 Å². The molecule has 1 atom stereocenters. The van der Waals surface area contributed by atoms with Crippen LogP contribution >= 0.6 is 11.3 Å². The topological polar surface area (TPSA) is 49.8 Å². The number of aryl methyl sites for hydroxylation is 1. The van der Waals surface area contributed by atoms with Crippen LogP contribution in [-0.2, 0) is 12.8 Å². The zero-order valence-corrected chi connectivity index (χ0v) is 13.1. The fourth-order valence-electron chi connectivity index (χ4n) is 2.10. The van der Waals surface area contributed by atoms with E-state index in [1.807, 2.05) is 13.1 Å². The molecule has 2 rings (SSSR count). The van der Waals surface area contributed by atoms with Gasteiger partial charge in [-0.25, -0.2) is 9.97 Å². The van der Waals surface area contributed by atoms with E-state index in [-0.39, 0.29) is 0 Å². The van der Waals surface area contributed by atoms with Gasteiger partial charge in [-0.3, -0.25) is 0 Å². The lowest BCUT2D eigenvalue weighted by Crippen LogP contribution is -2.19. The number of hydrogen-bond acceptors (Lipinski definition) is 5. The number of rotatable bonds is 7. The molecule has 1 unspecified atom stereocenters. The van der Waals surface area contributed by atoms with Crippen LogP contribution in [0.15, 0.2) is 22.9 Å². The molecular formula is C15H22N4S. The Hall–Kier alpha value is -1.62. The second-order valence-electron chi connectivity index (χ2n) is 4.94. The van der Waals surface area contributed by atoms with E-state index < -0.39 is 0 Å². The molecule has 2 aromatic rings. The highest BCUT2D eigenvalue weighted by Gasteiger charge is 2.08. The van der Waals surface area contributed by atoms with Crippen molar-refractivity contribution in [3.63, 3.8) is 0 Å². The zero-order valence-electron chi connectivity index (χ0n) is 12.3. The average molecular weight is 290 g/mol. The highest BCUT2D eigenvalue weighted by atomic mass is 32.1. The predicted octanol–water partition coefficient (Wildman–Crippen LogP) is 3.58. The van der Waals surface area contributed by atoms with E-state index in [0.717, 1.165) is 36.7 Å². The van der Waals surface area contributed by atoms with Gasteiger partial charge in [-0.05, 0) is 42.2 Å². The van der Waals surface area contributed by atoms with Gasteiger partial charge >= 0.3 is 0 Å². The summed E-state index contributed by atoms with van der Waals surface area (Å²) in [5.74, 6) is 2.66. The number of thiophene rings is 1. The van der Waals surface area contributed by atoms with Crippen LogP contribution in [0.3, 0.4) is 0 Å². The lowest BCUT2D eigenvalue weighted by atomic mass is 10.1. The van der Waals surface area contributed by atoms with Gasteiger partial charge in [0.25, 0.3) is 0 Å². The average Bonchev–Trinajstić information content (AvgIpc) is 2.91. The third kappa shape index (κ3) is 4.20. The lowest BCUT2D eigenvalue weighted by molar-refractivity contribution is 0.776. The summed E-state index contributed by atoms with van der Waals surface area (Å²) in [6.45, 7) is 4.32. The minimum absolute atomic E-state index is 0.346. The number of hydrogen-bond donors (Lipinski definition) is 2. The van der Waals surface area contributed by atoms with Crippen molar-refractivity contribution in [2.45, 2.75) is 39.2 Å². The number of nitrogens with zero attached hydrogens (tertiary/aromatic N) is 2. The van der Waals surface area contributed by atoms with E-state index in [2.05, 4.69) is 51.3 Å². The Morgan fingerprint density at radius 1 is 1.30 bits per heavy atom. The van der Waals surface area contributed by atoms with Gasteiger partial charge in [0, 0.05) is 25.6 Å². The molecule has 0 saturated carbocycles. The summed E-state index contributed by atoms with van der Waals surface area (Å²) in [4.78, 5) is 9.04. The Labute approximate surface area is 124 Å². The van der Waals surface area contributed by atoms with Crippen LogP contribution in [0.1, 0.15) is 31.7 Å². The van der Waals surface area contributed by atoms with Crippen molar-refractivity contribution in [3.8, 4) is 0 Å². The maximum atomic E-state index is 4.58. The SMILES string of the molecule is CCCc1nc(NC)cc(NC(C)Cc2ccsc2)n1. The molecule has 0 bridgehead atoms. The molecule has 0 aliphatic carbocycles. The van der Waals surface area contributed by atoms with Gasteiger partial charge in [0.1, 0.15) is 17.5 Å². The zero-order chi connectivity index (χ0) is 14.4. The number of nitrogens with one attached hydrogen (secondary N) is 2. The Bertz CT molecular complexity index is 525. The molecule has 0 aliphatic rings. The first kappa shape index (κ1) is 14.8. The molecule has 2 N–H and O–H groups in total. The number of aromatic nitrogens is 2. The Kier molecular flexibility index (Phi) is 5.35. The first-order valence-electron chi connectivity index (χ1n) is 7.04. The van der Waals surface area contributed by atoms with E-state index in [1.54, 1.807) is 11.3 Å². The molecule has 0 aliphatic heterocycles. The third-order valence-electron chi connectivity index (χ3n) is 3.02. The summed E-state index contributed by atoms with van der Waals surface area (Å²) < 4.78 is 0. The highest BCUT2D eigenvalue weighted by Crippen LogP contribution is 2.15. The maximum Gasteiger partial charge on any atom is 0.133 e. The van der Waals surface area contributed by atoms with Gasteiger partial charge in [-0.2, -0.15) is 11.3 Å². The molecule has 108 valence electrons. The van der Waals surface area contributed by atoms with E-state index in [1.165, 1.54) is 5.56 Å². The predicted molar refractivity (Wildman–Crippen MR) is 86.7 cm³/mol. The number of anilines is 2. The summed E-state index contributed by atoms with van der Waals surface area (Å²) in [7, 11) is 1.89. The van der Waals surface area contributed by atoms with Crippen molar-refractivity contribution < 1.29 is 0 Å². The molecular weight excluding hydrogens is 268 g/mol. The molecule has 0 fully saturated rings. The molecule has 0 spiro atoms. The van der Waals surface area contributed by atoms with Gasteiger partial charge < -0.3 is 10.6 Å². The van der Waals surface area contributed by atoms with Gasteiger partial charge in [0.05, 0.1) is 0 Å². The van der Waals surface area contributed by atoms with E-state index in [0.29, 0.717) is 6.04 Å². The maximum absolute atomic E-state index is 4.58. The monoisotopic (exact) mass is 290 g/mol. The van der Waals surface area contributed by atoms with Crippen LogP contribution < -0.4 is 10.6 Å². The third-order valence-corrected chi connectivity index (χ3v) is 3.75. The summed E-state index contributed by atoms with van der Waals surface area (Å²) in [5.41, 5.74) is 1.37. The summed E-state index contributed by atoms with van der Waals surface area (Å²) >= 11 is 1.74. The molecule has 0 radical (unpaired) electrons. The Balaban J connectivity index is 2.05. The summed E-state index contributed by atoms with van der Waals surface area (Å²) in [5, 5.41) is 10.9. The molecule has 4 nitrogen and oxygen atoms in total. The molecule has 0 aromatic carbocycles. The standard InChI is InChI=1S/C15H22N4S/c1-4-5-13-18-14(16-3)9-15(19-13)17-11(2)8-12-6-7-20-10-12/h6-7,9-11H,4-5,8H2,1-3H3,(H2,16,17,18,19). The van der Waals surface area contributed by atoms with Crippen molar-refractivity contribution in [2.75, 3.05) is 17.7 Å². The summed E-state index contributed by atoms with van der Waals surface area (Å²) in [6, 6.07) is 4.48. The smallest absolute Gasteiger partial charge is 0.133 e. The largest absolute Gasteiger partial charge is 0.373 e. The lowest BCUT2D eigenvalue weighted by Gasteiger charge is -2.15. The second kappa shape index (κ2) is 7.24. The van der Waals surface area contributed by atoms with Gasteiger partial charge in [0.15, 0.2) is 0 Å².